The SMILES string of the molecule is CNC(=O)[C@@H](C)SCc1ccc(C(C)(C)C)cc1. The Kier molecular flexibility index (Phi) is 5.27. The van der Waals surface area contributed by atoms with Gasteiger partial charge in [-0.2, -0.15) is 0 Å². The smallest absolute Gasteiger partial charge is 0.232 e. The van der Waals surface area contributed by atoms with E-state index in [0.29, 0.717) is 0 Å². The molecule has 0 unspecified atom stereocenters. The van der Waals surface area contributed by atoms with E-state index in [-0.39, 0.29) is 16.6 Å². The third kappa shape index (κ3) is 4.37. The number of nitrogens with one attached hydrogen (secondary N) is 1. The van der Waals surface area contributed by atoms with Crippen LogP contribution in [0.3, 0.4) is 0 Å². The molecule has 18 heavy (non-hydrogen) atoms. The average molecular weight is 265 g/mol. The minimum atomic E-state index is -0.00251. The van der Waals surface area contributed by atoms with E-state index in [1.54, 1.807) is 18.8 Å². The lowest BCUT2D eigenvalue weighted by molar-refractivity contribution is -0.119. The second-order valence-electron chi connectivity index (χ2n) is 5.51. The van der Waals surface area contributed by atoms with E-state index >= 15 is 0 Å². The topological polar surface area (TPSA) is 29.1 Å². The molecule has 0 aliphatic rings. The largest absolute Gasteiger partial charge is 0.358 e. The summed E-state index contributed by atoms with van der Waals surface area (Å²) in [4.78, 5) is 11.4. The Bertz CT molecular complexity index is 392. The monoisotopic (exact) mass is 265 g/mol. The summed E-state index contributed by atoms with van der Waals surface area (Å²) < 4.78 is 0. The Hall–Kier alpha value is -0.960. The molecule has 0 aliphatic heterocycles. The fraction of sp³-hybridized carbons (Fsp3) is 0.533. The minimum Gasteiger partial charge on any atom is -0.358 e. The van der Waals surface area contributed by atoms with Crippen molar-refractivity contribution in [2.24, 2.45) is 0 Å². The zero-order valence-electron chi connectivity index (χ0n) is 11.9. The van der Waals surface area contributed by atoms with Crippen LogP contribution in [0.1, 0.15) is 38.8 Å². The Labute approximate surface area is 115 Å². The maximum absolute atomic E-state index is 11.4. The molecule has 1 atom stereocenters. The summed E-state index contributed by atoms with van der Waals surface area (Å²) in [5.74, 6) is 0.963. The molecule has 1 aromatic carbocycles. The molecule has 1 aromatic rings. The number of carbonyl (C=O) groups is 1. The number of hydrogen-bond acceptors (Lipinski definition) is 2. The summed E-state index contributed by atoms with van der Waals surface area (Å²) in [6.07, 6.45) is 0. The van der Waals surface area contributed by atoms with Crippen LogP contribution in [0.4, 0.5) is 0 Å². The van der Waals surface area contributed by atoms with Crippen LogP contribution in [-0.4, -0.2) is 18.2 Å². The van der Waals surface area contributed by atoms with Gasteiger partial charge in [0.15, 0.2) is 0 Å². The van der Waals surface area contributed by atoms with Crippen LogP contribution >= 0.6 is 11.8 Å². The summed E-state index contributed by atoms with van der Waals surface area (Å²) in [6, 6.07) is 8.68. The molecule has 100 valence electrons. The molecule has 0 saturated heterocycles. The summed E-state index contributed by atoms with van der Waals surface area (Å²) in [6.45, 7) is 8.58. The first-order valence-corrected chi connectivity index (χ1v) is 7.32. The van der Waals surface area contributed by atoms with Crippen LogP contribution in [0.5, 0.6) is 0 Å². The van der Waals surface area contributed by atoms with E-state index in [1.165, 1.54) is 11.1 Å². The normalized spacial score (nSPS) is 13.2. The molecule has 0 radical (unpaired) electrons. The summed E-state index contributed by atoms with van der Waals surface area (Å²) >= 11 is 1.66. The number of hydrogen-bond donors (Lipinski definition) is 1. The average Bonchev–Trinajstić information content (AvgIpc) is 2.34. The third-order valence-electron chi connectivity index (χ3n) is 2.94. The highest BCUT2D eigenvalue weighted by Gasteiger charge is 2.14. The van der Waals surface area contributed by atoms with Gasteiger partial charge >= 0.3 is 0 Å². The van der Waals surface area contributed by atoms with Gasteiger partial charge in [-0.25, -0.2) is 0 Å². The second kappa shape index (κ2) is 6.28. The Morgan fingerprint density at radius 3 is 2.28 bits per heavy atom. The van der Waals surface area contributed by atoms with Gasteiger partial charge in [-0.3, -0.25) is 4.79 Å². The first-order chi connectivity index (χ1) is 8.34. The van der Waals surface area contributed by atoms with Gasteiger partial charge in [0.2, 0.25) is 5.91 Å². The fourth-order valence-corrected chi connectivity index (χ4v) is 2.51. The second-order valence-corrected chi connectivity index (χ2v) is 6.84. The molecular formula is C15H23NOS. The molecule has 2 nitrogen and oxygen atoms in total. The number of amides is 1. The Balaban J connectivity index is 2.57. The fourth-order valence-electron chi connectivity index (χ4n) is 1.60. The Morgan fingerprint density at radius 2 is 1.83 bits per heavy atom. The van der Waals surface area contributed by atoms with Crippen molar-refractivity contribution in [2.45, 2.75) is 44.1 Å². The van der Waals surface area contributed by atoms with Gasteiger partial charge < -0.3 is 5.32 Å². The molecule has 0 spiro atoms. The molecular weight excluding hydrogens is 242 g/mol. The van der Waals surface area contributed by atoms with Crippen LogP contribution in [0.15, 0.2) is 24.3 Å². The lowest BCUT2D eigenvalue weighted by Gasteiger charge is -2.19. The molecule has 0 aromatic heterocycles. The maximum atomic E-state index is 11.4. The first kappa shape index (κ1) is 15.1. The van der Waals surface area contributed by atoms with Crippen LogP contribution in [0.25, 0.3) is 0 Å². The number of thioether (sulfide) groups is 1. The van der Waals surface area contributed by atoms with Gasteiger partial charge in [-0.05, 0) is 23.5 Å². The molecule has 0 saturated carbocycles. The van der Waals surface area contributed by atoms with Gasteiger partial charge in [-0.15, -0.1) is 11.8 Å². The number of rotatable bonds is 4. The van der Waals surface area contributed by atoms with E-state index in [4.69, 9.17) is 0 Å². The van der Waals surface area contributed by atoms with Crippen LogP contribution in [0, 0.1) is 0 Å². The molecule has 0 fully saturated rings. The standard InChI is InChI=1S/C15H23NOS/c1-11(14(17)16-5)18-10-12-6-8-13(9-7-12)15(2,3)4/h6-9,11H,10H2,1-5H3,(H,16,17)/t11-/m1/s1. The zero-order chi connectivity index (χ0) is 13.8. The molecule has 1 N–H and O–H groups in total. The number of carbonyl (C=O) groups excluding carboxylic acids is 1. The highest BCUT2D eigenvalue weighted by atomic mass is 32.2. The van der Waals surface area contributed by atoms with Gasteiger partial charge in [0.25, 0.3) is 0 Å². The lowest BCUT2D eigenvalue weighted by atomic mass is 9.87. The highest BCUT2D eigenvalue weighted by Crippen LogP contribution is 2.24. The maximum Gasteiger partial charge on any atom is 0.232 e. The quantitative estimate of drug-likeness (QED) is 0.904. The van der Waals surface area contributed by atoms with E-state index in [1.807, 2.05) is 6.92 Å². The molecule has 1 rings (SSSR count). The summed E-state index contributed by atoms with van der Waals surface area (Å²) in [5, 5.41) is 2.67. The van der Waals surface area contributed by atoms with Crippen molar-refractivity contribution in [1.82, 2.24) is 5.32 Å². The van der Waals surface area contributed by atoms with Crippen LogP contribution in [0.2, 0.25) is 0 Å². The zero-order valence-corrected chi connectivity index (χ0v) is 12.7. The van der Waals surface area contributed by atoms with Gasteiger partial charge in [0.1, 0.15) is 0 Å². The van der Waals surface area contributed by atoms with E-state index < -0.39 is 0 Å². The van der Waals surface area contributed by atoms with E-state index in [2.05, 4.69) is 50.4 Å². The molecule has 1 amide bonds. The van der Waals surface area contributed by atoms with Crippen LogP contribution in [-0.2, 0) is 16.0 Å². The molecule has 0 bridgehead atoms. The van der Waals surface area contributed by atoms with Crippen molar-refractivity contribution in [1.29, 1.82) is 0 Å². The van der Waals surface area contributed by atoms with E-state index in [0.717, 1.165) is 5.75 Å². The molecule has 3 heteroatoms. The summed E-state index contributed by atoms with van der Waals surface area (Å²) in [5.41, 5.74) is 2.81. The predicted molar refractivity (Wildman–Crippen MR) is 80.0 cm³/mol. The van der Waals surface area contributed by atoms with Gasteiger partial charge in [0.05, 0.1) is 5.25 Å². The third-order valence-corrected chi connectivity index (χ3v) is 4.15. The van der Waals surface area contributed by atoms with Crippen molar-refractivity contribution in [3.8, 4) is 0 Å². The predicted octanol–water partition coefficient (Wildman–Crippen LogP) is 3.35. The van der Waals surface area contributed by atoms with Crippen LogP contribution < -0.4 is 5.32 Å². The van der Waals surface area contributed by atoms with E-state index in [9.17, 15) is 4.79 Å². The number of benzene rings is 1. The first-order valence-electron chi connectivity index (χ1n) is 6.27. The minimum absolute atomic E-state index is 0.00251. The van der Waals surface area contributed by atoms with Crippen molar-refractivity contribution >= 4 is 17.7 Å². The molecule has 0 heterocycles. The molecule has 0 aliphatic carbocycles. The van der Waals surface area contributed by atoms with Crippen molar-refractivity contribution in [2.75, 3.05) is 7.05 Å². The Morgan fingerprint density at radius 1 is 1.28 bits per heavy atom. The van der Waals surface area contributed by atoms with Crippen molar-refractivity contribution < 1.29 is 4.79 Å². The van der Waals surface area contributed by atoms with Gasteiger partial charge in [-0.1, -0.05) is 45.0 Å². The highest BCUT2D eigenvalue weighted by molar-refractivity contribution is 7.99. The lowest BCUT2D eigenvalue weighted by Crippen LogP contribution is -2.27. The van der Waals surface area contributed by atoms with Crippen molar-refractivity contribution in [3.05, 3.63) is 35.4 Å². The van der Waals surface area contributed by atoms with Crippen molar-refractivity contribution in [3.63, 3.8) is 0 Å². The van der Waals surface area contributed by atoms with Gasteiger partial charge in [0, 0.05) is 12.8 Å². The summed E-state index contributed by atoms with van der Waals surface area (Å²) in [7, 11) is 1.68.